The Balaban J connectivity index is 1.73. The van der Waals surface area contributed by atoms with Gasteiger partial charge in [0.15, 0.2) is 0 Å². The fourth-order valence-electron chi connectivity index (χ4n) is 4.46. The highest BCUT2D eigenvalue weighted by molar-refractivity contribution is 5.94. The standard InChI is InChI=1S/C20H27F3N2O3/c1-14(2)9-24-7-6-19(13-26)12-25(11-16(19)10-24)18(27)15-4-3-5-17(8-15)28-20(21,22)23/h3-5,8,14,16,26H,6-7,9-13H2,1-2H3/t16-,19+/m0/s1. The lowest BCUT2D eigenvalue weighted by Gasteiger charge is -2.42. The van der Waals surface area contributed by atoms with Crippen molar-refractivity contribution in [2.45, 2.75) is 26.6 Å². The lowest BCUT2D eigenvalue weighted by Crippen LogP contribution is -2.49. The smallest absolute Gasteiger partial charge is 0.406 e. The molecule has 0 spiro atoms. The van der Waals surface area contributed by atoms with Gasteiger partial charge in [-0.05, 0) is 43.0 Å². The summed E-state index contributed by atoms with van der Waals surface area (Å²) in [6.45, 7) is 7.93. The first-order chi connectivity index (χ1) is 13.1. The number of aliphatic hydroxyl groups excluding tert-OH is 1. The normalized spacial score (nSPS) is 25.8. The average Bonchev–Trinajstić information content (AvgIpc) is 2.99. The number of rotatable bonds is 5. The Morgan fingerprint density at radius 1 is 1.36 bits per heavy atom. The van der Waals surface area contributed by atoms with Crippen LogP contribution in [-0.4, -0.2) is 66.5 Å². The third-order valence-electron chi connectivity index (χ3n) is 5.76. The topological polar surface area (TPSA) is 53.0 Å². The number of ether oxygens (including phenoxy) is 1. The predicted octanol–water partition coefficient (Wildman–Crippen LogP) is 3.00. The molecule has 1 amide bonds. The molecule has 1 aromatic carbocycles. The van der Waals surface area contributed by atoms with Gasteiger partial charge in [0, 0.05) is 37.2 Å². The minimum absolute atomic E-state index is 0.00812. The second kappa shape index (κ2) is 7.91. The molecule has 156 valence electrons. The SMILES string of the molecule is CC(C)CN1CC[C@]2(CO)CN(C(=O)c3cccc(OC(F)(F)F)c3)C[C@@H]2C1. The minimum atomic E-state index is -4.80. The molecule has 1 aromatic rings. The molecule has 0 saturated carbocycles. The first-order valence-corrected chi connectivity index (χ1v) is 9.60. The summed E-state index contributed by atoms with van der Waals surface area (Å²) in [7, 11) is 0. The summed E-state index contributed by atoms with van der Waals surface area (Å²) in [5.41, 5.74) is -0.170. The number of fused-ring (bicyclic) bond motifs is 1. The molecule has 2 atom stereocenters. The molecule has 5 nitrogen and oxygen atoms in total. The maximum Gasteiger partial charge on any atom is 0.573 e. The summed E-state index contributed by atoms with van der Waals surface area (Å²) >= 11 is 0. The maximum atomic E-state index is 12.9. The highest BCUT2D eigenvalue weighted by Crippen LogP contribution is 2.43. The summed E-state index contributed by atoms with van der Waals surface area (Å²) in [4.78, 5) is 16.9. The van der Waals surface area contributed by atoms with Gasteiger partial charge in [0.2, 0.25) is 0 Å². The average molecular weight is 400 g/mol. The number of hydrogen-bond acceptors (Lipinski definition) is 4. The quantitative estimate of drug-likeness (QED) is 0.826. The van der Waals surface area contributed by atoms with E-state index >= 15 is 0 Å². The predicted molar refractivity (Wildman–Crippen MR) is 97.9 cm³/mol. The van der Waals surface area contributed by atoms with Gasteiger partial charge in [-0.15, -0.1) is 13.2 Å². The molecule has 0 unspecified atom stereocenters. The number of aliphatic hydroxyl groups is 1. The third-order valence-corrected chi connectivity index (χ3v) is 5.76. The monoisotopic (exact) mass is 400 g/mol. The Labute approximate surface area is 163 Å². The van der Waals surface area contributed by atoms with Gasteiger partial charge >= 0.3 is 6.36 Å². The van der Waals surface area contributed by atoms with Crippen LogP contribution in [0.25, 0.3) is 0 Å². The summed E-state index contributed by atoms with van der Waals surface area (Å²) in [5, 5.41) is 10.1. The van der Waals surface area contributed by atoms with Crippen molar-refractivity contribution in [1.29, 1.82) is 0 Å². The Kier molecular flexibility index (Phi) is 5.91. The summed E-state index contributed by atoms with van der Waals surface area (Å²) in [6.07, 6.45) is -3.99. The molecule has 0 aromatic heterocycles. The molecule has 0 aliphatic carbocycles. The van der Waals surface area contributed by atoms with E-state index in [0.717, 1.165) is 32.1 Å². The van der Waals surface area contributed by atoms with Crippen LogP contribution in [0, 0.1) is 17.3 Å². The Hall–Kier alpha value is -1.80. The van der Waals surface area contributed by atoms with Gasteiger partial charge in [-0.2, -0.15) is 0 Å². The van der Waals surface area contributed by atoms with E-state index in [1.165, 1.54) is 18.2 Å². The van der Waals surface area contributed by atoms with Crippen LogP contribution < -0.4 is 4.74 Å². The molecular formula is C20H27F3N2O3. The molecule has 2 aliphatic heterocycles. The molecule has 8 heteroatoms. The fraction of sp³-hybridized carbons (Fsp3) is 0.650. The van der Waals surface area contributed by atoms with Crippen molar-refractivity contribution in [2.75, 3.05) is 39.3 Å². The van der Waals surface area contributed by atoms with Crippen molar-refractivity contribution in [3.8, 4) is 5.75 Å². The van der Waals surface area contributed by atoms with E-state index in [1.807, 2.05) is 0 Å². The highest BCUT2D eigenvalue weighted by Gasteiger charge is 2.50. The first kappa shape index (κ1) is 20.9. The number of alkyl halides is 3. The van der Waals surface area contributed by atoms with Gasteiger partial charge in [-0.25, -0.2) is 0 Å². The number of piperidine rings is 1. The van der Waals surface area contributed by atoms with Gasteiger partial charge in [-0.3, -0.25) is 4.79 Å². The largest absolute Gasteiger partial charge is 0.573 e. The molecule has 2 saturated heterocycles. The lowest BCUT2D eigenvalue weighted by atomic mass is 9.73. The van der Waals surface area contributed by atoms with E-state index in [-0.39, 0.29) is 29.4 Å². The summed E-state index contributed by atoms with van der Waals surface area (Å²) in [6, 6.07) is 5.16. The van der Waals surface area contributed by atoms with Crippen molar-refractivity contribution in [3.63, 3.8) is 0 Å². The maximum absolute atomic E-state index is 12.9. The van der Waals surface area contributed by atoms with Crippen LogP contribution >= 0.6 is 0 Å². The third kappa shape index (κ3) is 4.60. The van der Waals surface area contributed by atoms with Crippen LogP contribution in [0.1, 0.15) is 30.6 Å². The van der Waals surface area contributed by atoms with E-state index in [4.69, 9.17) is 0 Å². The molecule has 2 fully saturated rings. The van der Waals surface area contributed by atoms with E-state index < -0.39 is 12.1 Å². The molecule has 28 heavy (non-hydrogen) atoms. The van der Waals surface area contributed by atoms with Crippen LogP contribution in [0.3, 0.4) is 0 Å². The van der Waals surface area contributed by atoms with Gasteiger partial charge in [-0.1, -0.05) is 19.9 Å². The van der Waals surface area contributed by atoms with E-state index in [9.17, 15) is 23.1 Å². The summed E-state index contributed by atoms with van der Waals surface area (Å²) in [5.74, 6) is -0.0408. The Bertz CT molecular complexity index is 710. The van der Waals surface area contributed by atoms with Crippen LogP contribution in [0.2, 0.25) is 0 Å². The molecule has 2 heterocycles. The van der Waals surface area contributed by atoms with E-state index in [2.05, 4.69) is 23.5 Å². The van der Waals surface area contributed by atoms with Crippen molar-refractivity contribution in [2.24, 2.45) is 17.3 Å². The van der Waals surface area contributed by atoms with Gasteiger partial charge < -0.3 is 19.6 Å². The number of carbonyl (C=O) groups is 1. The molecule has 0 radical (unpaired) electrons. The number of amides is 1. The van der Waals surface area contributed by atoms with Crippen molar-refractivity contribution in [1.82, 2.24) is 9.80 Å². The van der Waals surface area contributed by atoms with Crippen LogP contribution in [0.5, 0.6) is 5.75 Å². The van der Waals surface area contributed by atoms with Gasteiger partial charge in [0.1, 0.15) is 5.75 Å². The molecule has 2 aliphatic rings. The fourth-order valence-corrected chi connectivity index (χ4v) is 4.46. The first-order valence-electron chi connectivity index (χ1n) is 9.60. The zero-order valence-corrected chi connectivity index (χ0v) is 16.2. The minimum Gasteiger partial charge on any atom is -0.406 e. The number of carbonyl (C=O) groups excluding carboxylic acids is 1. The van der Waals surface area contributed by atoms with Crippen LogP contribution in [0.4, 0.5) is 13.2 Å². The Morgan fingerprint density at radius 3 is 2.75 bits per heavy atom. The van der Waals surface area contributed by atoms with Crippen LogP contribution in [0.15, 0.2) is 24.3 Å². The zero-order chi connectivity index (χ0) is 20.5. The molecule has 3 rings (SSSR count). The number of halogens is 3. The van der Waals surface area contributed by atoms with E-state index in [0.29, 0.717) is 19.0 Å². The van der Waals surface area contributed by atoms with Crippen molar-refractivity contribution >= 4 is 5.91 Å². The Morgan fingerprint density at radius 2 is 2.11 bits per heavy atom. The van der Waals surface area contributed by atoms with Crippen molar-refractivity contribution in [3.05, 3.63) is 29.8 Å². The van der Waals surface area contributed by atoms with Crippen molar-refractivity contribution < 1.29 is 27.8 Å². The number of likely N-dealkylation sites (tertiary alicyclic amines) is 2. The highest BCUT2D eigenvalue weighted by atomic mass is 19.4. The second-order valence-electron chi connectivity index (χ2n) is 8.38. The van der Waals surface area contributed by atoms with Gasteiger partial charge in [0.25, 0.3) is 5.91 Å². The van der Waals surface area contributed by atoms with E-state index in [1.54, 1.807) is 4.90 Å². The van der Waals surface area contributed by atoms with Gasteiger partial charge in [0.05, 0.1) is 6.61 Å². The molecule has 1 N–H and O–H groups in total. The summed E-state index contributed by atoms with van der Waals surface area (Å²) < 4.78 is 41.3. The lowest BCUT2D eigenvalue weighted by molar-refractivity contribution is -0.274. The second-order valence-corrected chi connectivity index (χ2v) is 8.38. The van der Waals surface area contributed by atoms with Crippen LogP contribution in [-0.2, 0) is 0 Å². The molecular weight excluding hydrogens is 373 g/mol. The molecule has 0 bridgehead atoms. The number of nitrogens with zero attached hydrogens (tertiary/aromatic N) is 2. The number of benzene rings is 1. The number of hydrogen-bond donors (Lipinski definition) is 1. The zero-order valence-electron chi connectivity index (χ0n) is 16.2.